The molecule has 0 atom stereocenters. The van der Waals surface area contributed by atoms with Gasteiger partial charge in [0.25, 0.3) is 21.8 Å². The lowest BCUT2D eigenvalue weighted by Gasteiger charge is -2.13. The van der Waals surface area contributed by atoms with Gasteiger partial charge in [-0.25, -0.2) is 13.2 Å². The van der Waals surface area contributed by atoms with Crippen LogP contribution in [-0.2, 0) is 14.9 Å². The highest BCUT2D eigenvalue weighted by Gasteiger charge is 2.38. The van der Waals surface area contributed by atoms with Crippen LogP contribution < -0.4 is 4.72 Å². The number of carbonyl (C=O) groups excluding carboxylic acids is 3. The molecule has 30 heavy (non-hydrogen) atoms. The number of rotatable bonds is 5. The van der Waals surface area contributed by atoms with E-state index in [1.54, 1.807) is 12.1 Å². The molecule has 0 saturated carbocycles. The van der Waals surface area contributed by atoms with Crippen molar-refractivity contribution in [2.75, 3.05) is 4.72 Å². The lowest BCUT2D eigenvalue weighted by molar-refractivity contribution is -0.0584. The Morgan fingerprint density at radius 1 is 0.867 bits per heavy atom. The van der Waals surface area contributed by atoms with Gasteiger partial charge in [-0.3, -0.25) is 19.3 Å². The molecule has 2 heterocycles. The first-order chi connectivity index (χ1) is 14.4. The Morgan fingerprint density at radius 2 is 1.43 bits per heavy atom. The number of benzene rings is 2. The van der Waals surface area contributed by atoms with Crippen molar-refractivity contribution in [1.82, 2.24) is 10.0 Å². The van der Waals surface area contributed by atoms with Crippen LogP contribution in [0.3, 0.4) is 0 Å². The van der Waals surface area contributed by atoms with Gasteiger partial charge in [0.05, 0.1) is 27.3 Å². The fraction of sp³-hybridized carbons (Fsp3) is 0. The van der Waals surface area contributed by atoms with Gasteiger partial charge in [0.1, 0.15) is 0 Å². The number of sulfonamides is 1. The summed E-state index contributed by atoms with van der Waals surface area (Å²) in [5.74, 6) is -2.47. The van der Waals surface area contributed by atoms with Crippen LogP contribution in [0, 0.1) is 0 Å². The van der Waals surface area contributed by atoms with Crippen molar-refractivity contribution in [3.63, 3.8) is 0 Å². The van der Waals surface area contributed by atoms with Crippen LogP contribution in [0.1, 0.15) is 31.1 Å². The number of pyridine rings is 1. The fourth-order valence-electron chi connectivity index (χ4n) is 2.79. The van der Waals surface area contributed by atoms with Gasteiger partial charge in [-0.15, -0.1) is 0 Å². The van der Waals surface area contributed by atoms with Crippen LogP contribution in [-0.4, -0.2) is 36.2 Å². The van der Waals surface area contributed by atoms with Gasteiger partial charge >= 0.3 is 5.97 Å². The number of amides is 2. The molecule has 0 radical (unpaired) electrons. The highest BCUT2D eigenvalue weighted by molar-refractivity contribution is 7.92. The second kappa shape index (κ2) is 7.41. The van der Waals surface area contributed by atoms with Crippen molar-refractivity contribution >= 4 is 33.5 Å². The Morgan fingerprint density at radius 3 is 2.00 bits per heavy atom. The summed E-state index contributed by atoms with van der Waals surface area (Å²) in [5.41, 5.74) is 0.575. The quantitative estimate of drug-likeness (QED) is 0.625. The van der Waals surface area contributed by atoms with Gasteiger partial charge in [0, 0.05) is 12.4 Å². The summed E-state index contributed by atoms with van der Waals surface area (Å²) in [7, 11) is -3.88. The molecule has 0 bridgehead atoms. The van der Waals surface area contributed by atoms with Gasteiger partial charge in [0.2, 0.25) is 0 Å². The maximum atomic E-state index is 12.4. The molecule has 2 aromatic carbocycles. The molecule has 0 aliphatic carbocycles. The van der Waals surface area contributed by atoms with E-state index in [0.717, 1.165) is 0 Å². The van der Waals surface area contributed by atoms with Crippen molar-refractivity contribution in [2.24, 2.45) is 0 Å². The molecule has 4 rings (SSSR count). The smallest absolute Gasteiger partial charge is 0.324 e. The predicted octanol–water partition coefficient (Wildman–Crippen LogP) is 2.25. The SMILES string of the molecule is O=C(ON1C(=O)c2ccccc2C1=O)c1ccc(S(=O)(=O)Nc2ccncc2)cc1. The van der Waals surface area contributed by atoms with Crippen LogP contribution in [0.25, 0.3) is 0 Å². The third kappa shape index (κ3) is 3.51. The molecule has 2 amide bonds. The number of hydrogen-bond acceptors (Lipinski definition) is 7. The molecular formula is C20H13N3O6S. The van der Waals surface area contributed by atoms with E-state index in [1.807, 2.05) is 0 Å². The van der Waals surface area contributed by atoms with Gasteiger partial charge in [-0.2, -0.15) is 0 Å². The van der Waals surface area contributed by atoms with Crippen LogP contribution in [0.4, 0.5) is 5.69 Å². The molecule has 3 aromatic rings. The highest BCUT2D eigenvalue weighted by Crippen LogP contribution is 2.23. The molecule has 0 saturated heterocycles. The Bertz CT molecular complexity index is 1220. The second-order valence-electron chi connectivity index (χ2n) is 6.19. The Balaban J connectivity index is 1.49. The number of anilines is 1. The highest BCUT2D eigenvalue weighted by atomic mass is 32.2. The number of fused-ring (bicyclic) bond motifs is 1. The minimum absolute atomic E-state index is 0.0329. The van der Waals surface area contributed by atoms with E-state index in [0.29, 0.717) is 10.8 Å². The number of carbonyl (C=O) groups is 3. The van der Waals surface area contributed by atoms with Crippen LogP contribution in [0.5, 0.6) is 0 Å². The Kier molecular flexibility index (Phi) is 4.76. The van der Waals surface area contributed by atoms with Crippen molar-refractivity contribution in [3.8, 4) is 0 Å². The average Bonchev–Trinajstić information content (AvgIpc) is 2.99. The molecular weight excluding hydrogens is 410 g/mol. The molecule has 0 unspecified atom stereocenters. The van der Waals surface area contributed by atoms with E-state index >= 15 is 0 Å². The summed E-state index contributed by atoms with van der Waals surface area (Å²) in [6.45, 7) is 0. The third-order valence-electron chi connectivity index (χ3n) is 4.26. The van der Waals surface area contributed by atoms with Crippen molar-refractivity contribution < 1.29 is 27.6 Å². The summed E-state index contributed by atoms with van der Waals surface area (Å²) in [6.07, 6.45) is 2.88. The fourth-order valence-corrected chi connectivity index (χ4v) is 3.85. The first kappa shape index (κ1) is 19.3. The monoisotopic (exact) mass is 423 g/mol. The number of hydrogen-bond donors (Lipinski definition) is 1. The minimum Gasteiger partial charge on any atom is -0.324 e. The van der Waals surface area contributed by atoms with Crippen molar-refractivity contribution in [1.29, 1.82) is 0 Å². The summed E-state index contributed by atoms with van der Waals surface area (Å²) in [4.78, 5) is 45.6. The lowest BCUT2D eigenvalue weighted by atomic mass is 10.1. The van der Waals surface area contributed by atoms with E-state index in [2.05, 4.69) is 9.71 Å². The number of imide groups is 1. The van der Waals surface area contributed by atoms with Crippen molar-refractivity contribution in [2.45, 2.75) is 4.90 Å². The average molecular weight is 423 g/mol. The van der Waals surface area contributed by atoms with E-state index in [4.69, 9.17) is 4.84 Å². The molecule has 0 spiro atoms. The van der Waals surface area contributed by atoms with Gasteiger partial charge in [0.15, 0.2) is 0 Å². The topological polar surface area (TPSA) is 123 Å². The summed E-state index contributed by atoms with van der Waals surface area (Å²) < 4.78 is 27.2. The molecule has 0 fully saturated rings. The zero-order chi connectivity index (χ0) is 21.3. The van der Waals surface area contributed by atoms with Gasteiger partial charge < -0.3 is 4.84 Å². The summed E-state index contributed by atoms with van der Waals surface area (Å²) >= 11 is 0. The Hall–Kier alpha value is -4.05. The first-order valence-corrected chi connectivity index (χ1v) is 10.1. The largest absolute Gasteiger partial charge is 0.363 e. The normalized spacial score (nSPS) is 13.1. The minimum atomic E-state index is -3.88. The molecule has 9 nitrogen and oxygen atoms in total. The number of nitrogens with zero attached hydrogens (tertiary/aromatic N) is 2. The maximum Gasteiger partial charge on any atom is 0.363 e. The molecule has 10 heteroatoms. The molecule has 150 valence electrons. The van der Waals surface area contributed by atoms with Crippen LogP contribution in [0.15, 0.2) is 78.0 Å². The van der Waals surface area contributed by atoms with E-state index < -0.39 is 27.8 Å². The van der Waals surface area contributed by atoms with E-state index in [1.165, 1.54) is 60.9 Å². The van der Waals surface area contributed by atoms with Crippen molar-refractivity contribution in [3.05, 3.63) is 89.7 Å². The lowest BCUT2D eigenvalue weighted by Crippen LogP contribution is -2.32. The number of nitrogens with one attached hydrogen (secondary N) is 1. The zero-order valence-corrected chi connectivity index (χ0v) is 16.0. The van der Waals surface area contributed by atoms with Gasteiger partial charge in [-0.05, 0) is 48.5 Å². The second-order valence-corrected chi connectivity index (χ2v) is 7.88. The first-order valence-electron chi connectivity index (χ1n) is 8.60. The van der Waals surface area contributed by atoms with E-state index in [9.17, 15) is 22.8 Å². The van der Waals surface area contributed by atoms with Crippen LogP contribution >= 0.6 is 0 Å². The predicted molar refractivity (Wildman–Crippen MR) is 104 cm³/mol. The zero-order valence-electron chi connectivity index (χ0n) is 15.2. The summed E-state index contributed by atoms with van der Waals surface area (Å²) in [5, 5.41) is 0.392. The third-order valence-corrected chi connectivity index (χ3v) is 5.66. The Labute approximate surface area is 170 Å². The molecule has 1 aromatic heterocycles. The maximum absolute atomic E-state index is 12.4. The number of aromatic nitrogens is 1. The van der Waals surface area contributed by atoms with E-state index in [-0.39, 0.29) is 21.6 Å². The van der Waals surface area contributed by atoms with Crippen LogP contribution in [0.2, 0.25) is 0 Å². The summed E-state index contributed by atoms with van der Waals surface area (Å²) in [6, 6.07) is 14.0. The standard InChI is InChI=1S/C20H13N3O6S/c24-18-16-3-1-2-4-17(16)19(25)23(18)29-20(26)13-5-7-15(8-6-13)30(27,28)22-14-9-11-21-12-10-14/h1-12H,(H,21,22). The molecule has 1 aliphatic heterocycles. The van der Waals surface area contributed by atoms with Gasteiger partial charge in [-0.1, -0.05) is 17.2 Å². The molecule has 1 aliphatic rings. The molecule has 1 N–H and O–H groups in total. The number of hydroxylamine groups is 2.